The van der Waals surface area contributed by atoms with E-state index in [4.69, 9.17) is 21.1 Å². The van der Waals surface area contributed by atoms with E-state index in [0.29, 0.717) is 48.7 Å². The van der Waals surface area contributed by atoms with Crippen LogP contribution >= 0.6 is 11.6 Å². The van der Waals surface area contributed by atoms with Gasteiger partial charge in [0.25, 0.3) is 5.91 Å². The molecule has 10 heteroatoms. The molecule has 0 spiro atoms. The number of hydrogen-bond donors (Lipinski definition) is 2. The molecule has 0 aromatic heterocycles. The van der Waals surface area contributed by atoms with Crippen LogP contribution in [0.15, 0.2) is 48.6 Å². The standard InChI is InChI=1S/C31H37ClN2O6S/c32-25-8-5-24-20-40-28-10-7-22-17-27(28)34(13-2-1-4-21(24)16-25)19-23-6-9-26(23)29-18-31(36,12-14-39-29)11-3-15-41(37,38)33-30(22)35/h3,5,7-8,10-11,16-17,23,26,29,36H,1-2,4,6,9,12-15,18-20H2,(H,33,35)/b11-3+/t23-,26+,29+,31+/m0/s1. The first kappa shape index (κ1) is 28.5. The Morgan fingerprint density at radius 1 is 1.10 bits per heavy atom. The number of halogens is 1. The number of nitrogens with zero attached hydrogens (tertiary/aromatic N) is 1. The first-order valence-corrected chi connectivity index (χ1v) is 16.6. The highest BCUT2D eigenvalue weighted by Crippen LogP contribution is 2.44. The van der Waals surface area contributed by atoms with Crippen molar-refractivity contribution in [1.82, 2.24) is 4.72 Å². The predicted octanol–water partition coefficient (Wildman–Crippen LogP) is 4.63. The van der Waals surface area contributed by atoms with E-state index >= 15 is 0 Å². The zero-order valence-corrected chi connectivity index (χ0v) is 24.6. The highest BCUT2D eigenvalue weighted by atomic mass is 35.5. The molecule has 1 saturated heterocycles. The number of amides is 1. The molecule has 41 heavy (non-hydrogen) atoms. The van der Waals surface area contributed by atoms with Crippen molar-refractivity contribution in [2.75, 3.05) is 30.3 Å². The Kier molecular flexibility index (Phi) is 8.06. The Hall–Kier alpha value is -2.59. The summed E-state index contributed by atoms with van der Waals surface area (Å²) in [7, 11) is -3.95. The van der Waals surface area contributed by atoms with Gasteiger partial charge in [0, 0.05) is 36.5 Å². The van der Waals surface area contributed by atoms with Crippen LogP contribution in [0.5, 0.6) is 5.75 Å². The van der Waals surface area contributed by atoms with Crippen molar-refractivity contribution < 1.29 is 27.8 Å². The summed E-state index contributed by atoms with van der Waals surface area (Å²) in [5.74, 6) is 0.227. The van der Waals surface area contributed by atoms with Crippen LogP contribution in [0.1, 0.15) is 60.0 Å². The van der Waals surface area contributed by atoms with E-state index in [0.717, 1.165) is 56.4 Å². The number of benzene rings is 2. The molecule has 4 bridgehead atoms. The van der Waals surface area contributed by atoms with Crippen LogP contribution in [-0.2, 0) is 27.8 Å². The summed E-state index contributed by atoms with van der Waals surface area (Å²) in [6, 6.07) is 11.0. The normalized spacial score (nSPS) is 30.7. The molecule has 6 rings (SSSR count). The predicted molar refractivity (Wildman–Crippen MR) is 158 cm³/mol. The van der Waals surface area contributed by atoms with Crippen LogP contribution in [0.3, 0.4) is 0 Å². The number of rotatable bonds is 0. The van der Waals surface area contributed by atoms with Gasteiger partial charge in [0.15, 0.2) is 0 Å². The molecule has 4 aliphatic rings. The van der Waals surface area contributed by atoms with Gasteiger partial charge in [-0.25, -0.2) is 13.1 Å². The fourth-order valence-electron chi connectivity index (χ4n) is 6.63. The maximum absolute atomic E-state index is 13.1. The number of aryl methyl sites for hydroxylation is 1. The lowest BCUT2D eigenvalue weighted by Crippen LogP contribution is -2.50. The number of anilines is 1. The Morgan fingerprint density at radius 3 is 2.80 bits per heavy atom. The van der Waals surface area contributed by atoms with Crippen molar-refractivity contribution in [1.29, 1.82) is 0 Å². The third kappa shape index (κ3) is 6.43. The van der Waals surface area contributed by atoms with E-state index < -0.39 is 27.3 Å². The van der Waals surface area contributed by atoms with Crippen molar-refractivity contribution in [3.8, 4) is 5.75 Å². The minimum atomic E-state index is -3.95. The highest BCUT2D eigenvalue weighted by Gasteiger charge is 2.44. The molecular weight excluding hydrogens is 564 g/mol. The SMILES string of the molecule is O=C1NS(=O)(=O)C/C=C/[C@@]2(O)CCO[C@H](C2)[C@@H]2CC[C@H]2CN2CCCCc3cc(Cl)ccc3COc3ccc1cc32. The van der Waals surface area contributed by atoms with Gasteiger partial charge in [0.1, 0.15) is 12.4 Å². The topological polar surface area (TPSA) is 105 Å². The molecule has 0 unspecified atom stereocenters. The molecule has 1 aliphatic carbocycles. The number of ether oxygens (including phenoxy) is 2. The van der Waals surface area contributed by atoms with Crippen LogP contribution in [0.25, 0.3) is 0 Å². The van der Waals surface area contributed by atoms with Gasteiger partial charge in [-0.1, -0.05) is 29.8 Å². The summed E-state index contributed by atoms with van der Waals surface area (Å²) in [6.45, 7) is 2.31. The van der Waals surface area contributed by atoms with Gasteiger partial charge in [-0.3, -0.25) is 4.79 Å². The zero-order chi connectivity index (χ0) is 28.6. The molecule has 2 fully saturated rings. The third-order valence-corrected chi connectivity index (χ3v) is 10.4. The molecule has 4 atom stereocenters. The fraction of sp³-hybridized carbons (Fsp3) is 0.516. The van der Waals surface area contributed by atoms with E-state index in [1.165, 1.54) is 11.6 Å². The molecule has 2 aromatic carbocycles. The molecule has 2 N–H and O–H groups in total. The van der Waals surface area contributed by atoms with Crippen LogP contribution in [0, 0.1) is 11.8 Å². The molecule has 8 nitrogen and oxygen atoms in total. The smallest absolute Gasteiger partial charge is 0.264 e. The maximum Gasteiger partial charge on any atom is 0.264 e. The summed E-state index contributed by atoms with van der Waals surface area (Å²) < 4.78 is 40.3. The number of carbonyl (C=O) groups is 1. The molecule has 0 radical (unpaired) electrons. The first-order valence-electron chi connectivity index (χ1n) is 14.5. The number of sulfonamides is 1. The molecule has 3 heterocycles. The molecule has 1 saturated carbocycles. The van der Waals surface area contributed by atoms with Gasteiger partial charge in [0.2, 0.25) is 10.0 Å². The molecular formula is C31H37ClN2O6S. The summed E-state index contributed by atoms with van der Waals surface area (Å²) in [4.78, 5) is 15.4. The minimum absolute atomic E-state index is 0.0911. The van der Waals surface area contributed by atoms with Gasteiger partial charge < -0.3 is 19.5 Å². The lowest BCUT2D eigenvalue weighted by Gasteiger charge is -2.48. The quantitative estimate of drug-likeness (QED) is 0.425. The lowest BCUT2D eigenvalue weighted by molar-refractivity contribution is -0.125. The second kappa shape index (κ2) is 11.6. The number of aliphatic hydroxyl groups is 1. The Labute approximate surface area is 246 Å². The molecule has 3 aliphatic heterocycles. The van der Waals surface area contributed by atoms with Gasteiger partial charge in [-0.15, -0.1) is 0 Å². The molecule has 1 amide bonds. The van der Waals surface area contributed by atoms with Crippen LogP contribution < -0.4 is 14.4 Å². The van der Waals surface area contributed by atoms with Gasteiger partial charge >= 0.3 is 0 Å². The van der Waals surface area contributed by atoms with Crippen molar-refractivity contribution in [2.24, 2.45) is 11.8 Å². The molecule has 2 aromatic rings. The van der Waals surface area contributed by atoms with E-state index in [2.05, 4.69) is 9.62 Å². The number of hydrogen-bond acceptors (Lipinski definition) is 7. The first-order chi connectivity index (χ1) is 19.7. The monoisotopic (exact) mass is 600 g/mol. The average Bonchev–Trinajstić information content (AvgIpc) is 2.93. The summed E-state index contributed by atoms with van der Waals surface area (Å²) in [5.41, 5.74) is 2.16. The van der Waals surface area contributed by atoms with E-state index in [9.17, 15) is 18.3 Å². The van der Waals surface area contributed by atoms with Crippen molar-refractivity contribution >= 4 is 33.2 Å². The van der Waals surface area contributed by atoms with Crippen LogP contribution in [0.4, 0.5) is 5.69 Å². The maximum atomic E-state index is 13.1. The van der Waals surface area contributed by atoms with E-state index in [1.54, 1.807) is 24.3 Å². The average molecular weight is 601 g/mol. The lowest BCUT2D eigenvalue weighted by atomic mass is 9.67. The number of nitrogens with one attached hydrogen (secondary N) is 1. The van der Waals surface area contributed by atoms with Gasteiger partial charge in [0.05, 0.1) is 29.8 Å². The van der Waals surface area contributed by atoms with Gasteiger partial charge in [-0.05, 0) is 85.4 Å². The van der Waals surface area contributed by atoms with Gasteiger partial charge in [-0.2, -0.15) is 0 Å². The summed E-state index contributed by atoms with van der Waals surface area (Å²) in [5, 5.41) is 12.0. The number of fused-ring (bicyclic) bond motifs is 6. The summed E-state index contributed by atoms with van der Waals surface area (Å²) in [6.07, 6.45) is 8.65. The largest absolute Gasteiger partial charge is 0.487 e. The van der Waals surface area contributed by atoms with E-state index in [1.807, 2.05) is 18.2 Å². The Bertz CT molecular complexity index is 1450. The zero-order valence-electron chi connectivity index (χ0n) is 23.1. The van der Waals surface area contributed by atoms with Crippen molar-refractivity contribution in [3.63, 3.8) is 0 Å². The highest BCUT2D eigenvalue weighted by molar-refractivity contribution is 7.90. The second-order valence-corrected chi connectivity index (χ2v) is 14.1. The Balaban J connectivity index is 1.38. The minimum Gasteiger partial charge on any atom is -0.487 e. The van der Waals surface area contributed by atoms with Crippen LogP contribution in [0.2, 0.25) is 5.02 Å². The second-order valence-electron chi connectivity index (χ2n) is 11.9. The van der Waals surface area contributed by atoms with Crippen molar-refractivity contribution in [3.05, 3.63) is 70.3 Å². The third-order valence-electron chi connectivity index (χ3n) is 9.06. The summed E-state index contributed by atoms with van der Waals surface area (Å²) >= 11 is 6.30. The molecule has 220 valence electrons. The van der Waals surface area contributed by atoms with Crippen molar-refractivity contribution in [2.45, 2.75) is 63.3 Å². The van der Waals surface area contributed by atoms with E-state index in [-0.39, 0.29) is 11.7 Å². The van der Waals surface area contributed by atoms with Crippen LogP contribution in [-0.4, -0.2) is 56.6 Å². The Morgan fingerprint density at radius 2 is 1.98 bits per heavy atom. The fourth-order valence-corrected chi connectivity index (χ4v) is 7.66. The number of carbonyl (C=O) groups excluding carboxylic acids is 1.